The van der Waals surface area contributed by atoms with E-state index in [0.29, 0.717) is 19.4 Å². The summed E-state index contributed by atoms with van der Waals surface area (Å²) < 4.78 is 5.30. The summed E-state index contributed by atoms with van der Waals surface area (Å²) in [5.41, 5.74) is -1.56. The van der Waals surface area contributed by atoms with Crippen molar-refractivity contribution in [3.05, 3.63) is 12.2 Å². The standard InChI is InChI=1S/C25H45N3O4/c1-19(2)22(30)25(6)14-12-10-8-9-11-13-17-32-23(31)28(7)16-15-24(5,27-20(3)4)21(29)18-26-25/h11,13,19-20,26-27H,8-10,12,14-18H2,1-7H3/t24-,25+/m1/s1. The SMILES string of the molecule is CC(C)N[C@]1(C)CCN(C)C(=O)OCC=CCCCCC[C@@](C)(C(=O)C(C)C)NCC1=O. The first kappa shape index (κ1) is 28.3. The Morgan fingerprint density at radius 3 is 2.41 bits per heavy atom. The lowest BCUT2D eigenvalue weighted by Crippen LogP contribution is -2.60. The summed E-state index contributed by atoms with van der Waals surface area (Å²) >= 11 is 0. The van der Waals surface area contributed by atoms with Crippen LogP contribution < -0.4 is 10.6 Å². The third-order valence-electron chi connectivity index (χ3n) is 6.21. The second-order valence-corrected chi connectivity index (χ2v) is 10.1. The average Bonchev–Trinajstić information content (AvgIpc) is 2.72. The Bertz CT molecular complexity index is 662. The van der Waals surface area contributed by atoms with Crippen LogP contribution >= 0.6 is 0 Å². The average molecular weight is 452 g/mol. The topological polar surface area (TPSA) is 87.7 Å². The van der Waals surface area contributed by atoms with Gasteiger partial charge in [0.2, 0.25) is 0 Å². The van der Waals surface area contributed by atoms with Crippen LogP contribution in [0.15, 0.2) is 12.2 Å². The van der Waals surface area contributed by atoms with E-state index in [1.807, 2.05) is 53.7 Å². The van der Waals surface area contributed by atoms with Crippen LogP contribution in [0.2, 0.25) is 0 Å². The molecule has 7 nitrogen and oxygen atoms in total. The zero-order chi connectivity index (χ0) is 24.4. The molecule has 32 heavy (non-hydrogen) atoms. The Balaban J connectivity index is 3.09. The van der Waals surface area contributed by atoms with Crippen molar-refractivity contribution in [2.75, 3.05) is 26.7 Å². The van der Waals surface area contributed by atoms with E-state index in [1.54, 1.807) is 7.05 Å². The van der Waals surface area contributed by atoms with E-state index in [1.165, 1.54) is 4.90 Å². The lowest BCUT2D eigenvalue weighted by atomic mass is 9.83. The maximum absolute atomic E-state index is 13.4. The number of allylic oxidation sites excluding steroid dienone is 1. The highest BCUT2D eigenvalue weighted by Crippen LogP contribution is 2.22. The molecule has 0 bridgehead atoms. The monoisotopic (exact) mass is 451 g/mol. The first-order valence-electron chi connectivity index (χ1n) is 12.0. The number of nitrogens with zero attached hydrogens (tertiary/aromatic N) is 1. The fourth-order valence-electron chi connectivity index (χ4n) is 4.15. The zero-order valence-electron chi connectivity index (χ0n) is 21.3. The van der Waals surface area contributed by atoms with Gasteiger partial charge in [-0.3, -0.25) is 14.9 Å². The van der Waals surface area contributed by atoms with Gasteiger partial charge in [-0.05, 0) is 53.4 Å². The molecule has 2 N–H and O–H groups in total. The van der Waals surface area contributed by atoms with Crippen molar-refractivity contribution < 1.29 is 19.1 Å². The van der Waals surface area contributed by atoms with E-state index in [2.05, 4.69) is 10.6 Å². The van der Waals surface area contributed by atoms with Crippen LogP contribution in [0.25, 0.3) is 0 Å². The number of cyclic esters (lactones) is 1. The van der Waals surface area contributed by atoms with Crippen LogP contribution in [0, 0.1) is 5.92 Å². The smallest absolute Gasteiger partial charge is 0.409 e. The molecule has 0 aromatic heterocycles. The summed E-state index contributed by atoms with van der Waals surface area (Å²) in [6.45, 7) is 12.3. The molecule has 0 spiro atoms. The normalized spacial score (nSPS) is 27.8. The van der Waals surface area contributed by atoms with Crippen LogP contribution in [-0.4, -0.2) is 66.4 Å². The number of carbonyl (C=O) groups excluding carboxylic acids is 3. The maximum Gasteiger partial charge on any atom is 0.409 e. The highest BCUT2D eigenvalue weighted by Gasteiger charge is 2.38. The van der Waals surface area contributed by atoms with E-state index < -0.39 is 17.2 Å². The maximum atomic E-state index is 13.4. The van der Waals surface area contributed by atoms with Crippen LogP contribution in [0.4, 0.5) is 4.79 Å². The molecule has 0 unspecified atom stereocenters. The van der Waals surface area contributed by atoms with Gasteiger partial charge in [0.05, 0.1) is 17.6 Å². The number of ketones is 2. The molecule has 0 fully saturated rings. The molecule has 0 aliphatic carbocycles. The number of hydrogen-bond acceptors (Lipinski definition) is 6. The van der Waals surface area contributed by atoms with Crippen molar-refractivity contribution in [3.8, 4) is 0 Å². The third kappa shape index (κ3) is 9.02. The number of ether oxygens (including phenoxy) is 1. The lowest BCUT2D eigenvalue weighted by molar-refractivity contribution is -0.129. The van der Waals surface area contributed by atoms with E-state index in [-0.39, 0.29) is 36.7 Å². The molecule has 7 heteroatoms. The number of rotatable bonds is 4. The van der Waals surface area contributed by atoms with Gasteiger partial charge < -0.3 is 15.0 Å². The van der Waals surface area contributed by atoms with Crippen molar-refractivity contribution in [3.63, 3.8) is 0 Å². The fourth-order valence-corrected chi connectivity index (χ4v) is 4.15. The van der Waals surface area contributed by atoms with Gasteiger partial charge in [0.1, 0.15) is 6.61 Å². The molecule has 1 aliphatic rings. The minimum absolute atomic E-state index is 0.0141. The molecular weight excluding hydrogens is 406 g/mol. The predicted octanol–water partition coefficient (Wildman–Crippen LogP) is 3.86. The Kier molecular flexibility index (Phi) is 11.6. The largest absolute Gasteiger partial charge is 0.445 e. The summed E-state index contributed by atoms with van der Waals surface area (Å²) in [4.78, 5) is 40.1. The molecule has 1 aliphatic heterocycles. The highest BCUT2D eigenvalue weighted by atomic mass is 16.6. The molecule has 0 saturated carbocycles. The van der Waals surface area contributed by atoms with E-state index in [0.717, 1.165) is 25.7 Å². The summed E-state index contributed by atoms with van der Waals surface area (Å²) in [7, 11) is 1.68. The number of nitrogens with one attached hydrogen (secondary N) is 2. The van der Waals surface area contributed by atoms with Crippen molar-refractivity contribution >= 4 is 17.7 Å². The van der Waals surface area contributed by atoms with Crippen LogP contribution in [0.3, 0.4) is 0 Å². The number of amides is 1. The Morgan fingerprint density at radius 1 is 1.09 bits per heavy atom. The van der Waals surface area contributed by atoms with Gasteiger partial charge in [0.15, 0.2) is 11.6 Å². The van der Waals surface area contributed by atoms with Crippen LogP contribution in [0.1, 0.15) is 80.1 Å². The summed E-state index contributed by atoms with van der Waals surface area (Å²) in [5.74, 6) is 0.0172. The molecule has 2 atom stereocenters. The summed E-state index contributed by atoms with van der Waals surface area (Å²) in [5, 5.41) is 6.70. The van der Waals surface area contributed by atoms with Gasteiger partial charge in [0, 0.05) is 25.6 Å². The molecule has 184 valence electrons. The Morgan fingerprint density at radius 2 is 1.78 bits per heavy atom. The van der Waals surface area contributed by atoms with Gasteiger partial charge in [-0.1, -0.05) is 38.8 Å². The van der Waals surface area contributed by atoms with E-state index in [9.17, 15) is 14.4 Å². The second kappa shape index (κ2) is 13.1. The minimum atomic E-state index is -0.831. The van der Waals surface area contributed by atoms with Gasteiger partial charge in [-0.15, -0.1) is 0 Å². The predicted molar refractivity (Wildman–Crippen MR) is 129 cm³/mol. The molecule has 0 radical (unpaired) electrons. The van der Waals surface area contributed by atoms with Crippen molar-refractivity contribution in [1.82, 2.24) is 15.5 Å². The van der Waals surface area contributed by atoms with Crippen LogP contribution in [-0.2, 0) is 14.3 Å². The van der Waals surface area contributed by atoms with E-state index >= 15 is 0 Å². The quantitative estimate of drug-likeness (QED) is 0.631. The Labute approximate surface area is 194 Å². The molecule has 1 heterocycles. The fraction of sp³-hybridized carbons (Fsp3) is 0.800. The third-order valence-corrected chi connectivity index (χ3v) is 6.21. The van der Waals surface area contributed by atoms with Gasteiger partial charge in [-0.2, -0.15) is 0 Å². The molecule has 0 saturated heterocycles. The second-order valence-electron chi connectivity index (χ2n) is 10.1. The van der Waals surface area contributed by atoms with Gasteiger partial charge in [0.25, 0.3) is 0 Å². The molecular formula is C25H45N3O4. The zero-order valence-corrected chi connectivity index (χ0v) is 21.3. The van der Waals surface area contributed by atoms with Gasteiger partial charge in [-0.25, -0.2) is 4.79 Å². The van der Waals surface area contributed by atoms with Crippen molar-refractivity contribution in [2.45, 2.75) is 97.2 Å². The van der Waals surface area contributed by atoms with E-state index in [4.69, 9.17) is 4.74 Å². The van der Waals surface area contributed by atoms with Crippen molar-refractivity contribution in [1.29, 1.82) is 0 Å². The molecule has 1 rings (SSSR count). The molecule has 0 aromatic carbocycles. The Hall–Kier alpha value is -1.73. The summed E-state index contributed by atoms with van der Waals surface area (Å²) in [6, 6.07) is 0.0906. The molecule has 1 amide bonds. The first-order chi connectivity index (χ1) is 14.9. The van der Waals surface area contributed by atoms with Crippen LogP contribution in [0.5, 0.6) is 0 Å². The number of Topliss-reactive ketones (excluding diaryl/α,β-unsaturated/α-hetero) is 2. The summed E-state index contributed by atoms with van der Waals surface area (Å²) in [6.07, 6.45) is 8.48. The molecule has 0 aromatic rings. The lowest BCUT2D eigenvalue weighted by Gasteiger charge is -2.36. The highest BCUT2D eigenvalue weighted by molar-refractivity contribution is 5.93. The first-order valence-corrected chi connectivity index (χ1v) is 12.0. The van der Waals surface area contributed by atoms with Crippen molar-refractivity contribution in [2.24, 2.45) is 5.92 Å². The minimum Gasteiger partial charge on any atom is -0.445 e. The number of carbonyl (C=O) groups is 3. The number of hydrogen-bond donors (Lipinski definition) is 2. The van der Waals surface area contributed by atoms with Gasteiger partial charge >= 0.3 is 6.09 Å².